The number of rotatable bonds is 7. The summed E-state index contributed by atoms with van der Waals surface area (Å²) in [6, 6.07) is 13.5. The van der Waals surface area contributed by atoms with Gasteiger partial charge in [-0.3, -0.25) is 4.79 Å². The molecule has 0 saturated carbocycles. The number of carbonyl (C=O) groups excluding carboxylic acids is 1. The predicted molar refractivity (Wildman–Crippen MR) is 101 cm³/mol. The molecule has 0 spiro atoms. The Labute approximate surface area is 150 Å². The summed E-state index contributed by atoms with van der Waals surface area (Å²) in [5.74, 6) is 1.50. The number of para-hydroxylation sites is 1. The first-order chi connectivity index (χ1) is 12.2. The maximum atomic E-state index is 12.1. The molecule has 0 aliphatic rings. The van der Waals surface area contributed by atoms with Crippen LogP contribution in [0.25, 0.3) is 10.2 Å². The molecule has 5 nitrogen and oxygen atoms in total. The number of anilines is 1. The molecule has 3 aromatic rings. The van der Waals surface area contributed by atoms with Gasteiger partial charge in [0.25, 0.3) is 0 Å². The fourth-order valence-electron chi connectivity index (χ4n) is 2.37. The highest BCUT2D eigenvalue weighted by atomic mass is 32.1. The summed E-state index contributed by atoms with van der Waals surface area (Å²) in [7, 11) is 0. The summed E-state index contributed by atoms with van der Waals surface area (Å²) in [5, 5.41) is 3.42. The quantitative estimate of drug-likeness (QED) is 0.681. The fraction of sp³-hybridized carbons (Fsp3) is 0.263. The Balaban J connectivity index is 1.55. The second-order valence-electron chi connectivity index (χ2n) is 5.49. The number of carbonyl (C=O) groups is 1. The third-order valence-electron chi connectivity index (χ3n) is 3.60. The summed E-state index contributed by atoms with van der Waals surface area (Å²) in [5.41, 5.74) is 1.90. The van der Waals surface area contributed by atoms with Crippen LogP contribution in [0.15, 0.2) is 42.5 Å². The average molecular weight is 356 g/mol. The number of aryl methyl sites for hydroxylation is 1. The van der Waals surface area contributed by atoms with Gasteiger partial charge in [-0.1, -0.05) is 29.5 Å². The van der Waals surface area contributed by atoms with Crippen molar-refractivity contribution >= 4 is 32.6 Å². The van der Waals surface area contributed by atoms with Crippen molar-refractivity contribution in [3.8, 4) is 11.5 Å². The zero-order valence-corrected chi connectivity index (χ0v) is 15.1. The molecule has 6 heteroatoms. The number of thiazole rings is 1. The van der Waals surface area contributed by atoms with Crippen molar-refractivity contribution < 1.29 is 14.3 Å². The molecule has 1 heterocycles. The second kappa shape index (κ2) is 7.98. The standard InChI is InChI=1S/C19H20N2O3S/c1-3-23-14-8-9-15-17(12-14)25-19(20-15)21-18(22)10-11-24-16-7-5-4-6-13(16)2/h4-9,12H,3,10-11H2,1-2H3,(H,20,21,22). The molecule has 0 unspecified atom stereocenters. The number of fused-ring (bicyclic) bond motifs is 1. The van der Waals surface area contributed by atoms with Crippen molar-refractivity contribution in [2.75, 3.05) is 18.5 Å². The first kappa shape index (κ1) is 17.2. The highest BCUT2D eigenvalue weighted by Crippen LogP contribution is 2.29. The lowest BCUT2D eigenvalue weighted by Gasteiger charge is -2.08. The molecule has 3 rings (SSSR count). The van der Waals surface area contributed by atoms with Gasteiger partial charge in [-0.05, 0) is 43.7 Å². The number of hydrogen-bond donors (Lipinski definition) is 1. The van der Waals surface area contributed by atoms with Crippen LogP contribution in [0.5, 0.6) is 11.5 Å². The Kier molecular flexibility index (Phi) is 5.50. The van der Waals surface area contributed by atoms with Crippen molar-refractivity contribution in [2.24, 2.45) is 0 Å². The Morgan fingerprint density at radius 3 is 2.84 bits per heavy atom. The van der Waals surface area contributed by atoms with E-state index in [0.717, 1.165) is 27.3 Å². The molecule has 25 heavy (non-hydrogen) atoms. The fourth-order valence-corrected chi connectivity index (χ4v) is 3.28. The zero-order valence-electron chi connectivity index (χ0n) is 14.2. The Morgan fingerprint density at radius 1 is 1.20 bits per heavy atom. The molecule has 1 amide bonds. The topological polar surface area (TPSA) is 60.5 Å². The number of hydrogen-bond acceptors (Lipinski definition) is 5. The maximum absolute atomic E-state index is 12.1. The Bertz CT molecular complexity index is 876. The van der Waals surface area contributed by atoms with Crippen LogP contribution in [0.2, 0.25) is 0 Å². The van der Waals surface area contributed by atoms with Crippen LogP contribution in [-0.4, -0.2) is 24.1 Å². The van der Waals surface area contributed by atoms with Gasteiger partial charge in [0.1, 0.15) is 11.5 Å². The van der Waals surface area contributed by atoms with Gasteiger partial charge >= 0.3 is 0 Å². The van der Waals surface area contributed by atoms with Crippen molar-refractivity contribution in [1.29, 1.82) is 0 Å². The van der Waals surface area contributed by atoms with E-state index in [9.17, 15) is 4.79 Å². The van der Waals surface area contributed by atoms with E-state index in [1.807, 2.05) is 56.3 Å². The lowest BCUT2D eigenvalue weighted by Crippen LogP contribution is -2.15. The number of benzene rings is 2. The molecule has 1 aromatic heterocycles. The summed E-state index contributed by atoms with van der Waals surface area (Å²) in [6.07, 6.45) is 0.272. The van der Waals surface area contributed by atoms with E-state index in [0.29, 0.717) is 18.3 Å². The van der Waals surface area contributed by atoms with Gasteiger partial charge in [-0.15, -0.1) is 0 Å². The van der Waals surface area contributed by atoms with E-state index in [2.05, 4.69) is 10.3 Å². The third kappa shape index (κ3) is 4.48. The van der Waals surface area contributed by atoms with Crippen molar-refractivity contribution in [1.82, 2.24) is 4.98 Å². The lowest BCUT2D eigenvalue weighted by atomic mass is 10.2. The van der Waals surface area contributed by atoms with Crippen LogP contribution in [0.4, 0.5) is 5.13 Å². The van der Waals surface area contributed by atoms with Gasteiger partial charge in [-0.2, -0.15) is 0 Å². The van der Waals surface area contributed by atoms with Crippen molar-refractivity contribution in [3.63, 3.8) is 0 Å². The van der Waals surface area contributed by atoms with Crippen LogP contribution in [-0.2, 0) is 4.79 Å². The molecule has 130 valence electrons. The molecule has 0 fully saturated rings. The van der Waals surface area contributed by atoms with Crippen LogP contribution >= 0.6 is 11.3 Å². The molecule has 2 aromatic carbocycles. The van der Waals surface area contributed by atoms with E-state index in [1.54, 1.807) is 0 Å². The minimum absolute atomic E-state index is 0.113. The molecule has 0 saturated heterocycles. The van der Waals surface area contributed by atoms with E-state index in [-0.39, 0.29) is 12.3 Å². The summed E-state index contributed by atoms with van der Waals surface area (Å²) >= 11 is 1.43. The van der Waals surface area contributed by atoms with Gasteiger partial charge in [0.2, 0.25) is 5.91 Å². The Morgan fingerprint density at radius 2 is 2.04 bits per heavy atom. The van der Waals surface area contributed by atoms with Crippen molar-refractivity contribution in [3.05, 3.63) is 48.0 Å². The predicted octanol–water partition coefficient (Wildman–Crippen LogP) is 4.41. The molecule has 0 aliphatic carbocycles. The van der Waals surface area contributed by atoms with E-state index >= 15 is 0 Å². The molecule has 0 aliphatic heterocycles. The maximum Gasteiger partial charge on any atom is 0.229 e. The smallest absolute Gasteiger partial charge is 0.229 e. The third-order valence-corrected chi connectivity index (χ3v) is 4.53. The minimum Gasteiger partial charge on any atom is -0.494 e. The SMILES string of the molecule is CCOc1ccc2nc(NC(=O)CCOc3ccccc3C)sc2c1. The first-order valence-corrected chi connectivity index (χ1v) is 8.99. The zero-order chi connectivity index (χ0) is 17.6. The molecule has 1 N–H and O–H groups in total. The highest BCUT2D eigenvalue weighted by molar-refractivity contribution is 7.22. The van der Waals surface area contributed by atoms with Crippen molar-refractivity contribution in [2.45, 2.75) is 20.3 Å². The summed E-state index contributed by atoms with van der Waals surface area (Å²) in [6.45, 7) is 4.87. The number of aromatic nitrogens is 1. The monoisotopic (exact) mass is 356 g/mol. The lowest BCUT2D eigenvalue weighted by molar-refractivity contribution is -0.116. The second-order valence-corrected chi connectivity index (χ2v) is 6.52. The van der Waals surface area contributed by atoms with Crippen LogP contribution in [0, 0.1) is 6.92 Å². The van der Waals surface area contributed by atoms with E-state index in [1.165, 1.54) is 11.3 Å². The van der Waals surface area contributed by atoms with Crippen LogP contribution in [0.1, 0.15) is 18.9 Å². The number of ether oxygens (including phenoxy) is 2. The number of nitrogens with one attached hydrogen (secondary N) is 1. The normalized spacial score (nSPS) is 10.6. The number of nitrogens with zero attached hydrogens (tertiary/aromatic N) is 1. The van der Waals surface area contributed by atoms with Gasteiger partial charge < -0.3 is 14.8 Å². The van der Waals surface area contributed by atoms with Gasteiger partial charge in [0.05, 0.1) is 29.9 Å². The molecule has 0 bridgehead atoms. The van der Waals surface area contributed by atoms with Crippen LogP contribution in [0.3, 0.4) is 0 Å². The van der Waals surface area contributed by atoms with Gasteiger partial charge in [0.15, 0.2) is 5.13 Å². The van der Waals surface area contributed by atoms with E-state index in [4.69, 9.17) is 9.47 Å². The summed E-state index contributed by atoms with van der Waals surface area (Å²) in [4.78, 5) is 16.5. The largest absolute Gasteiger partial charge is 0.494 e. The van der Waals surface area contributed by atoms with Gasteiger partial charge in [0, 0.05) is 0 Å². The average Bonchev–Trinajstić information content (AvgIpc) is 2.98. The first-order valence-electron chi connectivity index (χ1n) is 8.17. The molecule has 0 radical (unpaired) electrons. The minimum atomic E-state index is -0.113. The number of amides is 1. The highest BCUT2D eigenvalue weighted by Gasteiger charge is 2.09. The van der Waals surface area contributed by atoms with Gasteiger partial charge in [-0.25, -0.2) is 4.98 Å². The van der Waals surface area contributed by atoms with E-state index < -0.39 is 0 Å². The Hall–Kier alpha value is -2.60. The molecule has 0 atom stereocenters. The molecular formula is C19H20N2O3S. The van der Waals surface area contributed by atoms with Crippen LogP contribution < -0.4 is 14.8 Å². The molecular weight excluding hydrogens is 336 g/mol. The summed E-state index contributed by atoms with van der Waals surface area (Å²) < 4.78 is 12.1.